The van der Waals surface area contributed by atoms with Gasteiger partial charge in [-0.1, -0.05) is 19.1 Å². The highest BCUT2D eigenvalue weighted by Crippen LogP contribution is 2.19. The highest BCUT2D eigenvalue weighted by atomic mass is 32.2. The Bertz CT molecular complexity index is 307. The van der Waals surface area contributed by atoms with Crippen molar-refractivity contribution in [3.05, 3.63) is 29.8 Å². The van der Waals surface area contributed by atoms with Gasteiger partial charge in [0.1, 0.15) is 0 Å². The molecular formula is C13H19NS. The Labute approximate surface area is 96.9 Å². The third-order valence-electron chi connectivity index (χ3n) is 3.07. The lowest BCUT2D eigenvalue weighted by Crippen LogP contribution is -2.19. The van der Waals surface area contributed by atoms with Crippen molar-refractivity contribution in [2.24, 2.45) is 5.92 Å². The Morgan fingerprint density at radius 1 is 1.33 bits per heavy atom. The molecular weight excluding hydrogens is 202 g/mol. The van der Waals surface area contributed by atoms with Gasteiger partial charge in [-0.05, 0) is 42.8 Å². The van der Waals surface area contributed by atoms with Crippen LogP contribution in [0.3, 0.4) is 0 Å². The van der Waals surface area contributed by atoms with Crippen LogP contribution in [0.2, 0.25) is 0 Å². The van der Waals surface area contributed by atoms with Gasteiger partial charge in [0.15, 0.2) is 0 Å². The molecule has 1 saturated heterocycles. The van der Waals surface area contributed by atoms with Crippen LogP contribution in [-0.4, -0.2) is 24.2 Å². The molecule has 2 heteroatoms. The van der Waals surface area contributed by atoms with E-state index in [1.807, 2.05) is 11.8 Å². The van der Waals surface area contributed by atoms with Crippen LogP contribution in [0.4, 0.5) is 0 Å². The van der Waals surface area contributed by atoms with Crippen LogP contribution in [0.5, 0.6) is 0 Å². The second-order valence-corrected chi connectivity index (χ2v) is 5.36. The van der Waals surface area contributed by atoms with Crippen molar-refractivity contribution in [3.63, 3.8) is 0 Å². The van der Waals surface area contributed by atoms with Crippen LogP contribution < -0.4 is 0 Å². The molecule has 1 aromatic carbocycles. The van der Waals surface area contributed by atoms with Crippen LogP contribution in [0.15, 0.2) is 29.2 Å². The summed E-state index contributed by atoms with van der Waals surface area (Å²) in [5, 5.41) is 0. The second-order valence-electron chi connectivity index (χ2n) is 4.48. The fourth-order valence-electron chi connectivity index (χ4n) is 2.16. The van der Waals surface area contributed by atoms with E-state index in [9.17, 15) is 0 Å². The highest BCUT2D eigenvalue weighted by molar-refractivity contribution is 7.98. The van der Waals surface area contributed by atoms with Crippen molar-refractivity contribution in [1.29, 1.82) is 0 Å². The monoisotopic (exact) mass is 221 g/mol. The van der Waals surface area contributed by atoms with E-state index in [1.54, 1.807) is 0 Å². The molecule has 1 aromatic rings. The van der Waals surface area contributed by atoms with E-state index >= 15 is 0 Å². The zero-order chi connectivity index (χ0) is 10.7. The van der Waals surface area contributed by atoms with Gasteiger partial charge >= 0.3 is 0 Å². The first-order chi connectivity index (χ1) is 7.28. The maximum absolute atomic E-state index is 2.55. The zero-order valence-electron chi connectivity index (χ0n) is 9.57. The van der Waals surface area contributed by atoms with Crippen LogP contribution in [0.25, 0.3) is 0 Å². The van der Waals surface area contributed by atoms with Crippen molar-refractivity contribution in [1.82, 2.24) is 4.90 Å². The molecule has 1 aliphatic rings. The molecule has 1 heterocycles. The standard InChI is InChI=1S/C13H19NS/c1-11-7-8-14(9-11)10-12-3-5-13(15-2)6-4-12/h3-6,11H,7-10H2,1-2H3/t11-/m1/s1. The lowest BCUT2D eigenvalue weighted by Gasteiger charge is -2.15. The quantitative estimate of drug-likeness (QED) is 0.721. The molecule has 0 spiro atoms. The molecule has 15 heavy (non-hydrogen) atoms. The molecule has 0 aromatic heterocycles. The summed E-state index contributed by atoms with van der Waals surface area (Å²) < 4.78 is 0. The molecule has 0 saturated carbocycles. The third-order valence-corrected chi connectivity index (χ3v) is 3.82. The van der Waals surface area contributed by atoms with Crippen LogP contribution in [-0.2, 0) is 6.54 Å². The van der Waals surface area contributed by atoms with E-state index in [0.717, 1.165) is 12.5 Å². The molecule has 0 unspecified atom stereocenters. The molecule has 1 fully saturated rings. The summed E-state index contributed by atoms with van der Waals surface area (Å²) in [6.45, 7) is 6.01. The normalized spacial score (nSPS) is 22.1. The number of benzene rings is 1. The maximum atomic E-state index is 2.55. The minimum absolute atomic E-state index is 0.885. The van der Waals surface area contributed by atoms with Gasteiger partial charge < -0.3 is 0 Å². The first-order valence-corrected chi connectivity index (χ1v) is 6.85. The fraction of sp³-hybridized carbons (Fsp3) is 0.538. The predicted octanol–water partition coefficient (Wildman–Crippen LogP) is 3.25. The topological polar surface area (TPSA) is 3.24 Å². The summed E-state index contributed by atoms with van der Waals surface area (Å²) in [5.74, 6) is 0.885. The van der Waals surface area contributed by atoms with Gasteiger partial charge in [-0.3, -0.25) is 4.90 Å². The molecule has 0 radical (unpaired) electrons. The maximum Gasteiger partial charge on any atom is 0.0233 e. The molecule has 0 amide bonds. The molecule has 0 bridgehead atoms. The molecule has 1 nitrogen and oxygen atoms in total. The lowest BCUT2D eigenvalue weighted by molar-refractivity contribution is 0.320. The van der Waals surface area contributed by atoms with Gasteiger partial charge in [-0.2, -0.15) is 0 Å². The number of likely N-dealkylation sites (tertiary alicyclic amines) is 1. The summed E-state index contributed by atoms with van der Waals surface area (Å²) in [4.78, 5) is 3.91. The van der Waals surface area contributed by atoms with Gasteiger partial charge in [-0.25, -0.2) is 0 Å². The van der Waals surface area contributed by atoms with Crippen LogP contribution >= 0.6 is 11.8 Å². The first-order valence-electron chi connectivity index (χ1n) is 5.63. The predicted molar refractivity (Wildman–Crippen MR) is 67.3 cm³/mol. The van der Waals surface area contributed by atoms with Crippen LogP contribution in [0.1, 0.15) is 18.9 Å². The largest absolute Gasteiger partial charge is 0.299 e. The van der Waals surface area contributed by atoms with E-state index < -0.39 is 0 Å². The first kappa shape index (κ1) is 11.0. The summed E-state index contributed by atoms with van der Waals surface area (Å²) in [6.07, 6.45) is 3.49. The third kappa shape index (κ3) is 2.99. The van der Waals surface area contributed by atoms with Gasteiger partial charge in [0, 0.05) is 18.0 Å². The van der Waals surface area contributed by atoms with Gasteiger partial charge in [0.05, 0.1) is 0 Å². The highest BCUT2D eigenvalue weighted by Gasteiger charge is 2.18. The molecule has 1 aliphatic heterocycles. The molecule has 82 valence electrons. The minimum atomic E-state index is 0.885. The van der Waals surface area contributed by atoms with Crippen LogP contribution in [0, 0.1) is 5.92 Å². The van der Waals surface area contributed by atoms with E-state index in [0.29, 0.717) is 0 Å². The van der Waals surface area contributed by atoms with E-state index in [4.69, 9.17) is 0 Å². The van der Waals surface area contributed by atoms with Crippen molar-refractivity contribution >= 4 is 11.8 Å². The van der Waals surface area contributed by atoms with Crippen molar-refractivity contribution in [2.45, 2.75) is 24.8 Å². The zero-order valence-corrected chi connectivity index (χ0v) is 10.4. The Hall–Kier alpha value is -0.470. The van der Waals surface area contributed by atoms with Gasteiger partial charge in [-0.15, -0.1) is 11.8 Å². The Kier molecular flexibility index (Phi) is 3.71. The number of nitrogens with zero attached hydrogens (tertiary/aromatic N) is 1. The van der Waals surface area contributed by atoms with Gasteiger partial charge in [0.2, 0.25) is 0 Å². The summed E-state index contributed by atoms with van der Waals surface area (Å²) >= 11 is 1.81. The lowest BCUT2D eigenvalue weighted by atomic mass is 10.2. The number of thioether (sulfide) groups is 1. The average molecular weight is 221 g/mol. The Balaban J connectivity index is 1.93. The smallest absolute Gasteiger partial charge is 0.0233 e. The number of hydrogen-bond donors (Lipinski definition) is 0. The summed E-state index contributed by atoms with van der Waals surface area (Å²) in [6, 6.07) is 8.96. The molecule has 1 atom stereocenters. The van der Waals surface area contributed by atoms with E-state index in [-0.39, 0.29) is 0 Å². The Morgan fingerprint density at radius 2 is 2.07 bits per heavy atom. The average Bonchev–Trinajstić information content (AvgIpc) is 2.65. The van der Waals surface area contributed by atoms with E-state index in [1.165, 1.54) is 30.0 Å². The summed E-state index contributed by atoms with van der Waals surface area (Å²) in [7, 11) is 0. The second kappa shape index (κ2) is 5.04. The number of hydrogen-bond acceptors (Lipinski definition) is 2. The molecule has 0 N–H and O–H groups in total. The van der Waals surface area contributed by atoms with Crippen molar-refractivity contribution in [3.8, 4) is 0 Å². The molecule has 0 aliphatic carbocycles. The fourth-order valence-corrected chi connectivity index (χ4v) is 2.57. The van der Waals surface area contributed by atoms with Gasteiger partial charge in [0.25, 0.3) is 0 Å². The summed E-state index contributed by atoms with van der Waals surface area (Å²) in [5.41, 5.74) is 1.45. The van der Waals surface area contributed by atoms with Crippen molar-refractivity contribution in [2.75, 3.05) is 19.3 Å². The molecule has 2 rings (SSSR count). The van der Waals surface area contributed by atoms with Crippen molar-refractivity contribution < 1.29 is 0 Å². The number of rotatable bonds is 3. The Morgan fingerprint density at radius 3 is 2.60 bits per heavy atom. The minimum Gasteiger partial charge on any atom is -0.299 e. The SMILES string of the molecule is CSc1ccc(CN2CC[C@@H](C)C2)cc1. The van der Waals surface area contributed by atoms with E-state index in [2.05, 4.69) is 42.3 Å².